The molecule has 0 amide bonds. The number of benzene rings is 1. The zero-order chi connectivity index (χ0) is 20.3. The number of hydrogen-bond donors (Lipinski definition) is 1. The maximum Gasteiger partial charge on any atom is 0.242 e. The second-order valence-corrected chi connectivity index (χ2v) is 9.03. The molecule has 7 nitrogen and oxygen atoms in total. The quantitative estimate of drug-likeness (QED) is 0.661. The average Bonchev–Trinajstić information content (AvgIpc) is 3.07. The molecule has 0 aliphatic heterocycles. The van der Waals surface area contributed by atoms with Crippen LogP contribution >= 0.6 is 0 Å². The molecule has 1 unspecified atom stereocenters. The molecule has 0 bridgehead atoms. The number of nitrogens with zero attached hydrogens (tertiary/aromatic N) is 4. The third-order valence-corrected chi connectivity index (χ3v) is 6.43. The van der Waals surface area contributed by atoms with Crippen LogP contribution in [0.25, 0.3) is 11.3 Å². The van der Waals surface area contributed by atoms with Gasteiger partial charge < -0.3 is 5.32 Å². The van der Waals surface area contributed by atoms with E-state index in [1.165, 1.54) is 18.4 Å². The van der Waals surface area contributed by atoms with Gasteiger partial charge in [0.1, 0.15) is 0 Å². The van der Waals surface area contributed by atoms with Gasteiger partial charge in [-0.3, -0.25) is 9.67 Å². The van der Waals surface area contributed by atoms with Crippen molar-refractivity contribution in [1.29, 1.82) is 0 Å². The zero-order valence-corrected chi connectivity index (χ0v) is 17.3. The van der Waals surface area contributed by atoms with E-state index < -0.39 is 10.0 Å². The Kier molecular flexibility index (Phi) is 5.93. The maximum atomic E-state index is 12.2. The van der Waals surface area contributed by atoms with Gasteiger partial charge in [0, 0.05) is 63.4 Å². The number of nitrogens with one attached hydrogen (secondary N) is 1. The topological polar surface area (TPSA) is 80.1 Å². The summed E-state index contributed by atoms with van der Waals surface area (Å²) < 4.78 is 27.4. The number of aryl methyl sites for hydroxylation is 1. The van der Waals surface area contributed by atoms with Gasteiger partial charge in [-0.1, -0.05) is 12.1 Å². The Balaban J connectivity index is 1.72. The van der Waals surface area contributed by atoms with E-state index in [0.29, 0.717) is 11.4 Å². The smallest absolute Gasteiger partial charge is 0.242 e. The zero-order valence-electron chi connectivity index (χ0n) is 16.5. The Morgan fingerprint density at radius 3 is 2.50 bits per heavy atom. The number of aromatic nitrogens is 3. The lowest BCUT2D eigenvalue weighted by Gasteiger charge is -2.16. The Hall–Kier alpha value is -2.55. The SMILES string of the molecule is CC(NCc1cn(C)nc1-c1cccnc1)c1ccc(S(=O)(=O)N(C)C)cc1. The first-order valence-electron chi connectivity index (χ1n) is 8.98. The molecule has 0 fully saturated rings. The molecule has 0 aliphatic rings. The van der Waals surface area contributed by atoms with Gasteiger partial charge in [-0.25, -0.2) is 12.7 Å². The fourth-order valence-corrected chi connectivity index (χ4v) is 3.83. The standard InChI is InChI=1S/C20H25N5O2S/c1-15(16-7-9-19(10-8-16)28(26,27)24(2)3)22-13-18-14-25(4)23-20(18)17-6-5-11-21-12-17/h5-12,14-15,22H,13H2,1-4H3. The highest BCUT2D eigenvalue weighted by Gasteiger charge is 2.17. The summed E-state index contributed by atoms with van der Waals surface area (Å²) in [5.41, 5.74) is 3.98. The largest absolute Gasteiger partial charge is 0.306 e. The minimum Gasteiger partial charge on any atom is -0.306 e. The van der Waals surface area contributed by atoms with Gasteiger partial charge in [-0.2, -0.15) is 5.10 Å². The highest BCUT2D eigenvalue weighted by atomic mass is 32.2. The molecule has 0 radical (unpaired) electrons. The number of sulfonamides is 1. The van der Waals surface area contributed by atoms with Gasteiger partial charge in [-0.05, 0) is 36.8 Å². The first kappa shape index (κ1) is 20.2. The molecule has 0 aliphatic carbocycles. The van der Waals surface area contributed by atoms with Gasteiger partial charge >= 0.3 is 0 Å². The highest BCUT2D eigenvalue weighted by molar-refractivity contribution is 7.89. The molecule has 1 N–H and O–H groups in total. The van der Waals surface area contributed by atoms with E-state index in [2.05, 4.69) is 22.3 Å². The van der Waals surface area contributed by atoms with Gasteiger partial charge in [0.2, 0.25) is 10.0 Å². The van der Waals surface area contributed by atoms with Crippen molar-refractivity contribution < 1.29 is 8.42 Å². The van der Waals surface area contributed by atoms with E-state index in [1.807, 2.05) is 37.5 Å². The van der Waals surface area contributed by atoms with Gasteiger partial charge in [0.05, 0.1) is 10.6 Å². The van der Waals surface area contributed by atoms with E-state index >= 15 is 0 Å². The molecule has 3 aromatic rings. The summed E-state index contributed by atoms with van der Waals surface area (Å²) in [7, 11) is 1.55. The van der Waals surface area contributed by atoms with Crippen LogP contribution in [0, 0.1) is 0 Å². The fraction of sp³-hybridized carbons (Fsp3) is 0.300. The second-order valence-electron chi connectivity index (χ2n) is 6.88. The fourth-order valence-electron chi connectivity index (χ4n) is 2.93. The Morgan fingerprint density at radius 2 is 1.89 bits per heavy atom. The van der Waals surface area contributed by atoms with Crippen LogP contribution in [-0.4, -0.2) is 41.6 Å². The molecule has 0 saturated heterocycles. The molecule has 0 spiro atoms. The normalized spacial score (nSPS) is 13.0. The average molecular weight is 400 g/mol. The van der Waals surface area contributed by atoms with Crippen molar-refractivity contribution in [2.75, 3.05) is 14.1 Å². The molecular formula is C20H25N5O2S. The van der Waals surface area contributed by atoms with Crippen LogP contribution in [0.2, 0.25) is 0 Å². The van der Waals surface area contributed by atoms with Crippen LogP contribution in [0.5, 0.6) is 0 Å². The van der Waals surface area contributed by atoms with Crippen molar-refractivity contribution >= 4 is 10.0 Å². The van der Waals surface area contributed by atoms with E-state index in [4.69, 9.17) is 0 Å². The van der Waals surface area contributed by atoms with Gasteiger partial charge in [0.25, 0.3) is 0 Å². The molecule has 3 rings (SSSR count). The number of rotatable bonds is 7. The molecule has 1 atom stereocenters. The Bertz CT molecular complexity index is 1030. The van der Waals surface area contributed by atoms with Crippen molar-refractivity contribution in [3.63, 3.8) is 0 Å². The van der Waals surface area contributed by atoms with E-state index in [-0.39, 0.29) is 6.04 Å². The van der Waals surface area contributed by atoms with Crippen molar-refractivity contribution in [3.05, 3.63) is 66.1 Å². The van der Waals surface area contributed by atoms with E-state index in [0.717, 1.165) is 22.4 Å². The predicted molar refractivity (Wildman–Crippen MR) is 109 cm³/mol. The molecule has 0 saturated carbocycles. The van der Waals surface area contributed by atoms with Crippen LogP contribution in [0.15, 0.2) is 59.9 Å². The van der Waals surface area contributed by atoms with Gasteiger partial charge in [-0.15, -0.1) is 0 Å². The van der Waals surface area contributed by atoms with E-state index in [9.17, 15) is 8.42 Å². The molecule has 1 aromatic carbocycles. The van der Waals surface area contributed by atoms with Crippen LogP contribution < -0.4 is 5.32 Å². The van der Waals surface area contributed by atoms with Crippen LogP contribution in [0.1, 0.15) is 24.1 Å². The highest BCUT2D eigenvalue weighted by Crippen LogP contribution is 2.22. The Morgan fingerprint density at radius 1 is 1.18 bits per heavy atom. The predicted octanol–water partition coefficient (Wildman–Crippen LogP) is 2.58. The van der Waals surface area contributed by atoms with Crippen LogP contribution in [0.4, 0.5) is 0 Å². The van der Waals surface area contributed by atoms with Crippen molar-refractivity contribution in [2.45, 2.75) is 24.4 Å². The summed E-state index contributed by atoms with van der Waals surface area (Å²) in [5, 5.41) is 8.04. The molecule has 2 heterocycles. The third-order valence-electron chi connectivity index (χ3n) is 4.60. The summed E-state index contributed by atoms with van der Waals surface area (Å²) in [4.78, 5) is 4.46. The van der Waals surface area contributed by atoms with Crippen molar-refractivity contribution in [1.82, 2.24) is 24.4 Å². The minimum absolute atomic E-state index is 0.0538. The van der Waals surface area contributed by atoms with E-state index in [1.54, 1.807) is 29.2 Å². The van der Waals surface area contributed by atoms with Crippen LogP contribution in [0.3, 0.4) is 0 Å². The lowest BCUT2D eigenvalue weighted by molar-refractivity contribution is 0.520. The Labute approximate surface area is 166 Å². The monoisotopic (exact) mass is 399 g/mol. The number of hydrogen-bond acceptors (Lipinski definition) is 5. The lowest BCUT2D eigenvalue weighted by atomic mass is 10.1. The molecule has 8 heteroatoms. The minimum atomic E-state index is -3.41. The molecule has 148 valence electrons. The summed E-state index contributed by atoms with van der Waals surface area (Å²) >= 11 is 0. The molecule has 28 heavy (non-hydrogen) atoms. The summed E-state index contributed by atoms with van der Waals surface area (Å²) in [6.45, 7) is 2.69. The first-order valence-corrected chi connectivity index (χ1v) is 10.4. The van der Waals surface area contributed by atoms with Crippen LogP contribution in [-0.2, 0) is 23.6 Å². The first-order chi connectivity index (χ1) is 13.3. The molecule has 2 aromatic heterocycles. The van der Waals surface area contributed by atoms with Gasteiger partial charge in [0.15, 0.2) is 0 Å². The lowest BCUT2D eigenvalue weighted by Crippen LogP contribution is -2.22. The summed E-state index contributed by atoms with van der Waals surface area (Å²) in [6, 6.07) is 10.9. The summed E-state index contributed by atoms with van der Waals surface area (Å²) in [6.07, 6.45) is 5.54. The van der Waals surface area contributed by atoms with Crippen molar-refractivity contribution in [2.24, 2.45) is 7.05 Å². The summed E-state index contributed by atoms with van der Waals surface area (Å²) in [5.74, 6) is 0. The second kappa shape index (κ2) is 8.22. The molecular weight excluding hydrogens is 374 g/mol. The number of pyridine rings is 1. The maximum absolute atomic E-state index is 12.2. The van der Waals surface area contributed by atoms with Crippen molar-refractivity contribution in [3.8, 4) is 11.3 Å². The third kappa shape index (κ3) is 4.30.